The Morgan fingerprint density at radius 3 is 2.21 bits per heavy atom. The molecule has 2 unspecified atom stereocenters. The first kappa shape index (κ1) is 21.3. The molecule has 29 heavy (non-hydrogen) atoms. The van der Waals surface area contributed by atoms with Crippen LogP contribution in [0.3, 0.4) is 0 Å². The molecule has 0 spiro atoms. The molecule has 2 saturated heterocycles. The molecule has 1 aromatic rings. The number of carbonyl (C=O) groups is 3. The van der Waals surface area contributed by atoms with Gasteiger partial charge in [0.1, 0.15) is 6.04 Å². The van der Waals surface area contributed by atoms with Crippen LogP contribution in [0.1, 0.15) is 56.3 Å². The fourth-order valence-electron chi connectivity index (χ4n) is 4.24. The van der Waals surface area contributed by atoms with Crippen LogP contribution in [0.4, 0.5) is 0 Å². The van der Waals surface area contributed by atoms with Crippen LogP contribution in [0, 0.1) is 11.8 Å². The van der Waals surface area contributed by atoms with E-state index in [4.69, 9.17) is 0 Å². The van der Waals surface area contributed by atoms with E-state index in [1.165, 1.54) is 0 Å². The number of nitrogens with one attached hydrogen (secondary N) is 1. The summed E-state index contributed by atoms with van der Waals surface area (Å²) in [5, 5.41) is 2.95. The molecule has 1 N–H and O–H groups in total. The van der Waals surface area contributed by atoms with Gasteiger partial charge in [-0.25, -0.2) is 0 Å². The number of benzene rings is 1. The lowest BCUT2D eigenvalue weighted by Gasteiger charge is -2.36. The van der Waals surface area contributed by atoms with Gasteiger partial charge in [-0.15, -0.1) is 0 Å². The van der Waals surface area contributed by atoms with Gasteiger partial charge in [0.25, 0.3) is 5.91 Å². The normalized spacial score (nSPS) is 19.7. The molecule has 6 nitrogen and oxygen atoms in total. The highest BCUT2D eigenvalue weighted by Gasteiger charge is 2.35. The highest BCUT2D eigenvalue weighted by molar-refractivity contribution is 5.97. The number of amides is 3. The second-order valence-electron chi connectivity index (χ2n) is 8.33. The third-order valence-corrected chi connectivity index (χ3v) is 6.38. The minimum atomic E-state index is -0.543. The van der Waals surface area contributed by atoms with E-state index in [1.807, 2.05) is 41.8 Å². The Balaban J connectivity index is 1.60. The summed E-state index contributed by atoms with van der Waals surface area (Å²) in [5.41, 5.74) is 0.559. The molecular formula is C23H33N3O3. The quantitative estimate of drug-likeness (QED) is 0.800. The SMILES string of the molecule is CCC(C)C(NC(=O)c1ccccc1)C(=O)N1CCC(C(=O)N2CCCC2)CC1. The van der Waals surface area contributed by atoms with Crippen LogP contribution in [0.15, 0.2) is 30.3 Å². The molecule has 1 aromatic carbocycles. The summed E-state index contributed by atoms with van der Waals surface area (Å²) in [5.74, 6) is 0.0710. The predicted octanol–water partition coefficient (Wildman–Crippen LogP) is 2.69. The number of piperidine rings is 1. The summed E-state index contributed by atoms with van der Waals surface area (Å²) < 4.78 is 0. The van der Waals surface area contributed by atoms with E-state index in [9.17, 15) is 14.4 Å². The van der Waals surface area contributed by atoms with Gasteiger partial charge in [0.2, 0.25) is 11.8 Å². The molecule has 0 saturated carbocycles. The molecule has 0 radical (unpaired) electrons. The summed E-state index contributed by atoms with van der Waals surface area (Å²) in [7, 11) is 0. The van der Waals surface area contributed by atoms with Crippen molar-refractivity contribution < 1.29 is 14.4 Å². The van der Waals surface area contributed by atoms with Crippen LogP contribution in [0.5, 0.6) is 0 Å². The third-order valence-electron chi connectivity index (χ3n) is 6.38. The summed E-state index contributed by atoms with van der Waals surface area (Å²) in [4.78, 5) is 42.3. The van der Waals surface area contributed by atoms with Gasteiger partial charge in [-0.3, -0.25) is 14.4 Å². The zero-order valence-electron chi connectivity index (χ0n) is 17.6. The van der Waals surface area contributed by atoms with Gasteiger partial charge < -0.3 is 15.1 Å². The Labute approximate surface area is 173 Å². The van der Waals surface area contributed by atoms with Crippen molar-refractivity contribution in [2.75, 3.05) is 26.2 Å². The number of rotatable bonds is 6. The number of hydrogen-bond donors (Lipinski definition) is 1. The van der Waals surface area contributed by atoms with Crippen LogP contribution < -0.4 is 5.32 Å². The van der Waals surface area contributed by atoms with Crippen molar-refractivity contribution in [3.8, 4) is 0 Å². The molecule has 3 amide bonds. The smallest absolute Gasteiger partial charge is 0.251 e. The average molecular weight is 400 g/mol. The Hall–Kier alpha value is -2.37. The fraction of sp³-hybridized carbons (Fsp3) is 0.609. The minimum absolute atomic E-state index is 0.0260. The first-order chi connectivity index (χ1) is 14.0. The van der Waals surface area contributed by atoms with E-state index in [0.29, 0.717) is 31.5 Å². The number of hydrogen-bond acceptors (Lipinski definition) is 3. The number of carbonyl (C=O) groups excluding carboxylic acids is 3. The maximum absolute atomic E-state index is 13.2. The maximum atomic E-state index is 13.2. The molecule has 2 heterocycles. The van der Waals surface area contributed by atoms with Crippen LogP contribution in [0.25, 0.3) is 0 Å². The predicted molar refractivity (Wildman–Crippen MR) is 112 cm³/mol. The largest absolute Gasteiger partial charge is 0.342 e. The molecule has 2 fully saturated rings. The summed E-state index contributed by atoms with van der Waals surface area (Å²) in [6, 6.07) is 8.46. The zero-order chi connectivity index (χ0) is 20.8. The van der Waals surface area contributed by atoms with Crippen molar-refractivity contribution >= 4 is 17.7 Å². The zero-order valence-corrected chi connectivity index (χ0v) is 17.6. The Morgan fingerprint density at radius 1 is 1.00 bits per heavy atom. The molecule has 6 heteroatoms. The topological polar surface area (TPSA) is 69.7 Å². The Morgan fingerprint density at radius 2 is 1.62 bits per heavy atom. The second kappa shape index (κ2) is 9.90. The van der Waals surface area contributed by atoms with E-state index >= 15 is 0 Å². The fourth-order valence-corrected chi connectivity index (χ4v) is 4.24. The first-order valence-electron chi connectivity index (χ1n) is 10.9. The lowest BCUT2D eigenvalue weighted by molar-refractivity contribution is -0.141. The van der Waals surface area contributed by atoms with Gasteiger partial charge >= 0.3 is 0 Å². The molecule has 0 aromatic heterocycles. The monoisotopic (exact) mass is 399 g/mol. The van der Waals surface area contributed by atoms with E-state index in [1.54, 1.807) is 12.1 Å². The van der Waals surface area contributed by atoms with Crippen molar-refractivity contribution in [2.24, 2.45) is 11.8 Å². The van der Waals surface area contributed by atoms with Gasteiger partial charge in [0, 0.05) is 37.7 Å². The maximum Gasteiger partial charge on any atom is 0.251 e. The standard InChI is InChI=1S/C23H33N3O3/c1-3-17(2)20(24-21(27)18-9-5-4-6-10-18)23(29)26-15-11-19(12-16-26)22(28)25-13-7-8-14-25/h4-6,9-10,17,19-20H,3,7-8,11-16H2,1-2H3,(H,24,27). The van der Waals surface area contributed by atoms with Gasteiger partial charge in [0.05, 0.1) is 0 Å². The van der Waals surface area contributed by atoms with Gasteiger partial charge in [0.15, 0.2) is 0 Å². The Kier molecular flexibility index (Phi) is 7.29. The van der Waals surface area contributed by atoms with Crippen LogP contribution >= 0.6 is 0 Å². The van der Waals surface area contributed by atoms with E-state index in [0.717, 1.165) is 32.4 Å². The first-order valence-corrected chi connectivity index (χ1v) is 10.9. The summed E-state index contributed by atoms with van der Waals surface area (Å²) >= 11 is 0. The van der Waals surface area contributed by atoms with Crippen molar-refractivity contribution in [1.29, 1.82) is 0 Å². The lowest BCUT2D eigenvalue weighted by Crippen LogP contribution is -2.54. The Bertz CT molecular complexity index is 707. The molecule has 158 valence electrons. The molecule has 0 bridgehead atoms. The highest BCUT2D eigenvalue weighted by Crippen LogP contribution is 2.23. The summed E-state index contributed by atoms with van der Waals surface area (Å²) in [6.45, 7) is 6.94. The van der Waals surface area contributed by atoms with Crippen molar-refractivity contribution in [3.63, 3.8) is 0 Å². The lowest BCUT2D eigenvalue weighted by atomic mass is 9.92. The van der Waals surface area contributed by atoms with Crippen molar-refractivity contribution in [3.05, 3.63) is 35.9 Å². The highest BCUT2D eigenvalue weighted by atomic mass is 16.2. The average Bonchev–Trinajstić information content (AvgIpc) is 3.31. The number of nitrogens with zero attached hydrogens (tertiary/aromatic N) is 2. The van der Waals surface area contributed by atoms with E-state index < -0.39 is 6.04 Å². The van der Waals surface area contributed by atoms with Gasteiger partial charge in [-0.1, -0.05) is 38.5 Å². The van der Waals surface area contributed by atoms with Gasteiger partial charge in [-0.2, -0.15) is 0 Å². The minimum Gasteiger partial charge on any atom is -0.342 e. The third kappa shape index (κ3) is 5.17. The molecule has 3 rings (SSSR count). The molecular weight excluding hydrogens is 366 g/mol. The number of likely N-dealkylation sites (tertiary alicyclic amines) is 2. The van der Waals surface area contributed by atoms with E-state index in [-0.39, 0.29) is 29.6 Å². The molecule has 2 aliphatic rings. The molecule has 2 aliphatic heterocycles. The van der Waals surface area contributed by atoms with E-state index in [2.05, 4.69) is 5.32 Å². The van der Waals surface area contributed by atoms with Crippen molar-refractivity contribution in [2.45, 2.75) is 52.0 Å². The van der Waals surface area contributed by atoms with Crippen LogP contribution in [-0.2, 0) is 9.59 Å². The molecule has 0 aliphatic carbocycles. The molecule has 2 atom stereocenters. The second-order valence-corrected chi connectivity index (χ2v) is 8.33. The van der Waals surface area contributed by atoms with Gasteiger partial charge in [-0.05, 0) is 43.7 Å². The summed E-state index contributed by atoms with van der Waals surface area (Å²) in [6.07, 6.45) is 4.42. The van der Waals surface area contributed by atoms with Crippen molar-refractivity contribution in [1.82, 2.24) is 15.1 Å². The van der Waals surface area contributed by atoms with Crippen LogP contribution in [-0.4, -0.2) is 59.7 Å². The van der Waals surface area contributed by atoms with Crippen LogP contribution in [0.2, 0.25) is 0 Å².